The molecule has 4 rings (SSSR count). The molecule has 1 N–H and O–H groups in total. The average Bonchev–Trinajstić information content (AvgIpc) is 2.87. The molecule has 36 heavy (non-hydrogen) atoms. The molecule has 194 valence electrons. The molecule has 0 bridgehead atoms. The van der Waals surface area contributed by atoms with Crippen LogP contribution in [-0.4, -0.2) is 57.3 Å². The van der Waals surface area contributed by atoms with Gasteiger partial charge in [0.25, 0.3) is 0 Å². The average molecular weight is 503 g/mol. The lowest BCUT2D eigenvalue weighted by atomic mass is 9.57. The summed E-state index contributed by atoms with van der Waals surface area (Å²) in [6.07, 6.45) is 0.584. The van der Waals surface area contributed by atoms with Gasteiger partial charge in [-0.05, 0) is 74.3 Å². The van der Waals surface area contributed by atoms with E-state index in [0.717, 1.165) is 43.8 Å². The van der Waals surface area contributed by atoms with Crippen LogP contribution < -0.4 is 10.1 Å². The zero-order chi connectivity index (χ0) is 25.9. The highest BCUT2D eigenvalue weighted by Gasteiger charge is 2.52. The molecule has 0 radical (unpaired) electrons. The summed E-state index contributed by atoms with van der Waals surface area (Å²) < 4.78 is 50.5. The van der Waals surface area contributed by atoms with Crippen LogP contribution in [0.3, 0.4) is 0 Å². The lowest BCUT2D eigenvalue weighted by molar-refractivity contribution is -0.137. The molecule has 1 heterocycles. The molecule has 0 aromatic heterocycles. The lowest BCUT2D eigenvalue weighted by Gasteiger charge is -2.55. The second-order valence-corrected chi connectivity index (χ2v) is 9.88. The molecule has 2 fully saturated rings. The minimum Gasteiger partial charge on any atom is -0.497 e. The van der Waals surface area contributed by atoms with Crippen molar-refractivity contribution in [3.05, 3.63) is 71.3 Å². The summed E-state index contributed by atoms with van der Waals surface area (Å²) in [5, 5.41) is 3.09. The molecule has 1 amide bonds. The van der Waals surface area contributed by atoms with E-state index >= 15 is 0 Å². The first-order chi connectivity index (χ1) is 17.1. The molecule has 2 aliphatic rings. The van der Waals surface area contributed by atoms with Crippen LogP contribution in [-0.2, 0) is 21.1 Å². The molecule has 0 spiro atoms. The van der Waals surface area contributed by atoms with Gasteiger partial charge in [-0.25, -0.2) is 0 Å². The number of hydrogen-bond acceptors (Lipinski definition) is 4. The predicted octanol–water partition coefficient (Wildman–Crippen LogP) is 4.91. The number of methoxy groups -OCH3 is 2. The van der Waals surface area contributed by atoms with Gasteiger partial charge in [0.1, 0.15) is 5.75 Å². The van der Waals surface area contributed by atoms with Crippen molar-refractivity contribution < 1.29 is 27.4 Å². The Morgan fingerprint density at radius 1 is 1.17 bits per heavy atom. The van der Waals surface area contributed by atoms with Crippen LogP contribution >= 0.6 is 0 Å². The molecule has 1 saturated carbocycles. The smallest absolute Gasteiger partial charge is 0.416 e. The van der Waals surface area contributed by atoms with Crippen molar-refractivity contribution in [1.82, 2.24) is 10.2 Å². The third kappa shape index (κ3) is 5.60. The number of carbonyl (C=O) groups is 1. The van der Waals surface area contributed by atoms with Gasteiger partial charge in [-0.3, -0.25) is 4.79 Å². The monoisotopic (exact) mass is 502 g/mol. The molecule has 8 heteroatoms. The first kappa shape index (κ1) is 26.2. The van der Waals surface area contributed by atoms with Gasteiger partial charge >= 0.3 is 6.18 Å². The third-order valence-corrected chi connectivity index (χ3v) is 7.67. The molecular formula is C28H33F3N2O3. The molecule has 4 unspecified atom stereocenters. The second kappa shape index (κ2) is 10.6. The quantitative estimate of drug-likeness (QED) is 0.571. The van der Waals surface area contributed by atoms with E-state index in [1.54, 1.807) is 20.3 Å². The highest BCUT2D eigenvalue weighted by Crippen LogP contribution is 2.50. The number of alkyl halides is 3. The van der Waals surface area contributed by atoms with Crippen molar-refractivity contribution >= 4 is 12.0 Å². The van der Waals surface area contributed by atoms with E-state index in [1.165, 1.54) is 23.8 Å². The number of piperidine rings is 1. The zero-order valence-corrected chi connectivity index (χ0v) is 20.8. The van der Waals surface area contributed by atoms with Crippen molar-refractivity contribution in [3.63, 3.8) is 0 Å². The number of amides is 1. The van der Waals surface area contributed by atoms with E-state index in [1.807, 2.05) is 12.1 Å². The normalized spacial score (nSPS) is 27.0. The fourth-order valence-electron chi connectivity index (χ4n) is 5.89. The number of carbonyl (C=O) groups excluding carboxylic acids is 1. The maximum Gasteiger partial charge on any atom is 0.416 e. The molecule has 5 nitrogen and oxygen atoms in total. The third-order valence-electron chi connectivity index (χ3n) is 7.67. The standard InChI is InChI=1S/C28H33F3N2O3/c1-33-13-12-27(20-7-5-9-23(15-20)35-2)17-22(16-25(36-3)24(27)18-33)32-26(34)11-10-19-6-4-8-21(14-19)28(29,30)31/h4-11,14-15,22,24-25H,12-13,16-18H2,1-3H3,(H,32,34). The minimum atomic E-state index is -4.43. The number of fused-ring (bicyclic) bond motifs is 1. The first-order valence-electron chi connectivity index (χ1n) is 12.2. The predicted molar refractivity (Wildman–Crippen MR) is 133 cm³/mol. The molecule has 2 aromatic carbocycles. The van der Waals surface area contributed by atoms with E-state index in [9.17, 15) is 18.0 Å². The number of ether oxygens (including phenoxy) is 2. The number of nitrogens with one attached hydrogen (secondary N) is 1. The molecule has 2 aromatic rings. The Hall–Kier alpha value is -2.84. The number of likely N-dealkylation sites (tertiary alicyclic amines) is 1. The SMILES string of the molecule is COc1cccc(C23CCN(C)CC2C(OC)CC(NC(=O)C=Cc2cccc(C(F)(F)F)c2)C3)c1. The van der Waals surface area contributed by atoms with Gasteiger partial charge < -0.3 is 19.7 Å². The summed E-state index contributed by atoms with van der Waals surface area (Å²) in [6, 6.07) is 12.9. The summed E-state index contributed by atoms with van der Waals surface area (Å²) >= 11 is 0. The Morgan fingerprint density at radius 2 is 1.94 bits per heavy atom. The van der Waals surface area contributed by atoms with Gasteiger partial charge in [0.2, 0.25) is 5.91 Å². The topological polar surface area (TPSA) is 50.8 Å². The summed E-state index contributed by atoms with van der Waals surface area (Å²) in [6.45, 7) is 1.83. The Morgan fingerprint density at radius 3 is 2.67 bits per heavy atom. The van der Waals surface area contributed by atoms with E-state index in [-0.39, 0.29) is 29.4 Å². The van der Waals surface area contributed by atoms with Crippen LogP contribution in [0, 0.1) is 5.92 Å². The number of benzene rings is 2. The fraction of sp³-hybridized carbons (Fsp3) is 0.464. The summed E-state index contributed by atoms with van der Waals surface area (Å²) in [7, 11) is 5.49. The molecular weight excluding hydrogens is 469 g/mol. The summed E-state index contributed by atoms with van der Waals surface area (Å²) in [4.78, 5) is 15.2. The van der Waals surface area contributed by atoms with E-state index in [4.69, 9.17) is 9.47 Å². The largest absolute Gasteiger partial charge is 0.497 e. The van der Waals surface area contributed by atoms with Gasteiger partial charge in [-0.15, -0.1) is 0 Å². The van der Waals surface area contributed by atoms with Crippen LogP contribution in [0.4, 0.5) is 13.2 Å². The molecule has 4 atom stereocenters. The van der Waals surface area contributed by atoms with Gasteiger partial charge in [0, 0.05) is 37.1 Å². The van der Waals surface area contributed by atoms with Crippen LogP contribution in [0.5, 0.6) is 5.75 Å². The summed E-state index contributed by atoms with van der Waals surface area (Å²) in [5.74, 6) is 0.713. The fourth-order valence-corrected chi connectivity index (χ4v) is 5.89. The number of nitrogens with zero attached hydrogens (tertiary/aromatic N) is 1. The van der Waals surface area contributed by atoms with E-state index in [0.29, 0.717) is 12.0 Å². The van der Waals surface area contributed by atoms with E-state index in [2.05, 4.69) is 29.4 Å². The van der Waals surface area contributed by atoms with Gasteiger partial charge in [0.15, 0.2) is 0 Å². The van der Waals surface area contributed by atoms with Crippen LogP contribution in [0.1, 0.15) is 36.0 Å². The highest BCUT2D eigenvalue weighted by atomic mass is 19.4. The maximum absolute atomic E-state index is 13.0. The van der Waals surface area contributed by atoms with Crippen molar-refractivity contribution in [2.45, 2.75) is 43.0 Å². The second-order valence-electron chi connectivity index (χ2n) is 9.88. The Labute approximate surface area is 210 Å². The Bertz CT molecular complexity index is 1100. The molecule has 1 aliphatic carbocycles. The molecule has 1 aliphatic heterocycles. The first-order valence-corrected chi connectivity index (χ1v) is 12.2. The van der Waals surface area contributed by atoms with Gasteiger partial charge in [0.05, 0.1) is 18.8 Å². The van der Waals surface area contributed by atoms with Gasteiger partial charge in [-0.1, -0.05) is 24.3 Å². The number of hydrogen-bond donors (Lipinski definition) is 1. The van der Waals surface area contributed by atoms with Gasteiger partial charge in [-0.2, -0.15) is 13.2 Å². The highest BCUT2D eigenvalue weighted by molar-refractivity contribution is 5.92. The van der Waals surface area contributed by atoms with E-state index < -0.39 is 11.7 Å². The van der Waals surface area contributed by atoms with Crippen LogP contribution in [0.2, 0.25) is 0 Å². The van der Waals surface area contributed by atoms with Crippen molar-refractivity contribution in [3.8, 4) is 5.75 Å². The minimum absolute atomic E-state index is 0.0505. The molecule has 1 saturated heterocycles. The Kier molecular flexibility index (Phi) is 7.76. The van der Waals surface area contributed by atoms with Crippen molar-refractivity contribution in [1.29, 1.82) is 0 Å². The maximum atomic E-state index is 13.0. The lowest BCUT2D eigenvalue weighted by Crippen LogP contribution is -2.60. The van der Waals surface area contributed by atoms with Crippen LogP contribution in [0.15, 0.2) is 54.6 Å². The zero-order valence-electron chi connectivity index (χ0n) is 20.8. The Balaban J connectivity index is 1.56. The number of halogens is 3. The number of rotatable bonds is 6. The summed E-state index contributed by atoms with van der Waals surface area (Å²) in [5.41, 5.74) is 0.568. The van der Waals surface area contributed by atoms with Crippen molar-refractivity contribution in [2.24, 2.45) is 5.92 Å². The van der Waals surface area contributed by atoms with Crippen molar-refractivity contribution in [2.75, 3.05) is 34.4 Å². The van der Waals surface area contributed by atoms with Crippen LogP contribution in [0.25, 0.3) is 6.08 Å².